The molecule has 0 bridgehead atoms. The first-order valence-electron chi connectivity index (χ1n) is 6.59. The Balaban J connectivity index is 2.03. The van der Waals surface area contributed by atoms with E-state index in [1.165, 1.54) is 0 Å². The first-order valence-corrected chi connectivity index (χ1v) is 6.59. The van der Waals surface area contributed by atoms with Crippen LogP contribution in [0.15, 0.2) is 12.3 Å². The summed E-state index contributed by atoms with van der Waals surface area (Å²) >= 11 is 0. The Morgan fingerprint density at radius 2 is 2.22 bits per heavy atom. The minimum atomic E-state index is 0.439. The van der Waals surface area contributed by atoms with E-state index in [4.69, 9.17) is 0 Å². The molecule has 1 saturated heterocycles. The molecule has 0 saturated carbocycles. The lowest BCUT2D eigenvalue weighted by Crippen LogP contribution is -2.39. The van der Waals surface area contributed by atoms with Gasteiger partial charge >= 0.3 is 0 Å². The normalized spacial score (nSPS) is 17.4. The van der Waals surface area contributed by atoms with Crippen LogP contribution in [0.2, 0.25) is 0 Å². The van der Waals surface area contributed by atoms with Gasteiger partial charge in [0.1, 0.15) is 11.9 Å². The fourth-order valence-electron chi connectivity index (χ4n) is 2.40. The van der Waals surface area contributed by atoms with Crippen molar-refractivity contribution in [1.82, 2.24) is 9.88 Å². The molecule has 1 aromatic heterocycles. The van der Waals surface area contributed by atoms with Crippen molar-refractivity contribution in [2.45, 2.75) is 32.7 Å². The molecule has 18 heavy (non-hydrogen) atoms. The molecule has 4 heteroatoms. The molecule has 0 radical (unpaired) electrons. The maximum Gasteiger partial charge on any atom is 0.144 e. The Morgan fingerprint density at radius 3 is 2.83 bits per heavy atom. The van der Waals surface area contributed by atoms with Crippen molar-refractivity contribution in [3.63, 3.8) is 0 Å². The molecule has 0 amide bonds. The number of aryl methyl sites for hydroxylation is 1. The van der Waals surface area contributed by atoms with Crippen LogP contribution in [0.1, 0.15) is 30.9 Å². The number of nitrogens with zero attached hydrogens (tertiary/aromatic N) is 3. The molecule has 0 unspecified atom stereocenters. The molecule has 2 rings (SSSR count). The first-order chi connectivity index (χ1) is 8.74. The zero-order chi connectivity index (χ0) is 13.0. The molecule has 0 atom stereocenters. The molecular formula is C14H20N4. The van der Waals surface area contributed by atoms with Crippen LogP contribution in [0.4, 0.5) is 5.82 Å². The Hall–Kier alpha value is -1.60. The van der Waals surface area contributed by atoms with Crippen molar-refractivity contribution in [2.24, 2.45) is 0 Å². The number of piperidine rings is 1. The molecule has 1 N–H and O–H groups in total. The van der Waals surface area contributed by atoms with Crippen LogP contribution in [0.5, 0.6) is 0 Å². The maximum atomic E-state index is 9.17. The number of likely N-dealkylation sites (tertiary alicyclic amines) is 1. The van der Waals surface area contributed by atoms with Crippen molar-refractivity contribution >= 4 is 5.82 Å². The van der Waals surface area contributed by atoms with Crippen LogP contribution >= 0.6 is 0 Å². The minimum Gasteiger partial charge on any atom is -0.366 e. The number of pyridine rings is 1. The summed E-state index contributed by atoms with van der Waals surface area (Å²) in [5, 5.41) is 12.6. The Morgan fingerprint density at radius 1 is 1.50 bits per heavy atom. The lowest BCUT2D eigenvalue weighted by Gasteiger charge is -2.31. The highest BCUT2D eigenvalue weighted by atomic mass is 15.1. The van der Waals surface area contributed by atoms with Crippen LogP contribution in [0, 0.1) is 18.3 Å². The van der Waals surface area contributed by atoms with Crippen molar-refractivity contribution in [2.75, 3.05) is 25.0 Å². The van der Waals surface area contributed by atoms with Gasteiger partial charge in [0, 0.05) is 25.3 Å². The summed E-state index contributed by atoms with van der Waals surface area (Å²) in [5.41, 5.74) is 1.66. The molecule has 1 aromatic rings. The molecule has 1 fully saturated rings. The average Bonchev–Trinajstić information content (AvgIpc) is 2.40. The second kappa shape index (κ2) is 5.83. The fourth-order valence-corrected chi connectivity index (χ4v) is 2.40. The van der Waals surface area contributed by atoms with E-state index in [1.54, 1.807) is 6.20 Å². The topological polar surface area (TPSA) is 52.0 Å². The molecular weight excluding hydrogens is 224 g/mol. The van der Waals surface area contributed by atoms with Crippen LogP contribution in [-0.4, -0.2) is 35.6 Å². The molecule has 0 spiro atoms. The number of rotatable bonds is 3. The van der Waals surface area contributed by atoms with E-state index in [0.29, 0.717) is 11.6 Å². The number of anilines is 1. The summed E-state index contributed by atoms with van der Waals surface area (Å²) in [6, 6.07) is 4.56. The number of hydrogen-bond donors (Lipinski definition) is 1. The predicted octanol–water partition coefficient (Wildman–Crippen LogP) is 2.16. The summed E-state index contributed by atoms with van der Waals surface area (Å²) in [7, 11) is 0. The Labute approximate surface area is 109 Å². The van der Waals surface area contributed by atoms with Gasteiger partial charge in [-0.2, -0.15) is 5.26 Å². The average molecular weight is 244 g/mol. The van der Waals surface area contributed by atoms with E-state index >= 15 is 0 Å². The van der Waals surface area contributed by atoms with E-state index < -0.39 is 0 Å². The van der Waals surface area contributed by atoms with Crippen LogP contribution in [0.25, 0.3) is 0 Å². The minimum absolute atomic E-state index is 0.439. The van der Waals surface area contributed by atoms with Gasteiger partial charge in [-0.05, 0) is 37.9 Å². The second-order valence-electron chi connectivity index (χ2n) is 4.82. The monoisotopic (exact) mass is 244 g/mol. The van der Waals surface area contributed by atoms with E-state index in [-0.39, 0.29) is 0 Å². The maximum absolute atomic E-state index is 9.17. The Bertz CT molecular complexity index is 442. The highest BCUT2D eigenvalue weighted by Crippen LogP contribution is 2.19. The van der Waals surface area contributed by atoms with Crippen LogP contribution in [-0.2, 0) is 0 Å². The van der Waals surface area contributed by atoms with Crippen LogP contribution < -0.4 is 5.32 Å². The first kappa shape index (κ1) is 12.8. The lowest BCUT2D eigenvalue weighted by atomic mass is 10.0. The summed E-state index contributed by atoms with van der Waals surface area (Å²) in [6.07, 6.45) is 4.00. The number of aromatic nitrogens is 1. The van der Waals surface area contributed by atoms with Gasteiger partial charge in [-0.25, -0.2) is 4.98 Å². The third kappa shape index (κ3) is 2.80. The highest BCUT2D eigenvalue weighted by Gasteiger charge is 2.19. The van der Waals surface area contributed by atoms with Gasteiger partial charge in [-0.1, -0.05) is 6.92 Å². The third-order valence-corrected chi connectivity index (χ3v) is 3.65. The van der Waals surface area contributed by atoms with Crippen molar-refractivity contribution in [1.29, 1.82) is 5.26 Å². The number of hydrogen-bond acceptors (Lipinski definition) is 4. The van der Waals surface area contributed by atoms with Crippen molar-refractivity contribution in [3.05, 3.63) is 23.4 Å². The molecule has 0 aromatic carbocycles. The number of nitriles is 1. The van der Waals surface area contributed by atoms with E-state index in [1.807, 2.05) is 13.0 Å². The van der Waals surface area contributed by atoms with Gasteiger partial charge in [-0.3, -0.25) is 0 Å². The van der Waals surface area contributed by atoms with E-state index in [0.717, 1.165) is 43.9 Å². The molecule has 0 aliphatic carbocycles. The van der Waals surface area contributed by atoms with Crippen molar-refractivity contribution < 1.29 is 0 Å². The highest BCUT2D eigenvalue weighted by molar-refractivity contribution is 5.55. The second-order valence-corrected chi connectivity index (χ2v) is 4.82. The SMILES string of the molecule is CCN1CCC(Nc2nccc(C)c2C#N)CC1. The van der Waals surface area contributed by atoms with E-state index in [2.05, 4.69) is 28.2 Å². The van der Waals surface area contributed by atoms with Gasteiger partial charge in [0.05, 0.1) is 5.56 Å². The van der Waals surface area contributed by atoms with Crippen molar-refractivity contribution in [3.8, 4) is 6.07 Å². The summed E-state index contributed by atoms with van der Waals surface area (Å²) in [4.78, 5) is 6.75. The van der Waals surface area contributed by atoms with E-state index in [9.17, 15) is 5.26 Å². The predicted molar refractivity (Wildman–Crippen MR) is 72.4 cm³/mol. The van der Waals surface area contributed by atoms with Gasteiger partial charge < -0.3 is 10.2 Å². The third-order valence-electron chi connectivity index (χ3n) is 3.65. The Kier molecular flexibility index (Phi) is 4.16. The zero-order valence-corrected chi connectivity index (χ0v) is 11.1. The molecule has 96 valence electrons. The summed E-state index contributed by atoms with van der Waals surface area (Å²) in [5.74, 6) is 0.743. The van der Waals surface area contributed by atoms with Gasteiger partial charge in [0.25, 0.3) is 0 Å². The summed E-state index contributed by atoms with van der Waals surface area (Å²) in [6.45, 7) is 7.53. The number of nitrogens with one attached hydrogen (secondary N) is 1. The lowest BCUT2D eigenvalue weighted by molar-refractivity contribution is 0.229. The molecule has 1 aliphatic heterocycles. The smallest absolute Gasteiger partial charge is 0.144 e. The van der Waals surface area contributed by atoms with Crippen LogP contribution in [0.3, 0.4) is 0 Å². The molecule has 1 aliphatic rings. The van der Waals surface area contributed by atoms with Gasteiger partial charge in [0.15, 0.2) is 0 Å². The van der Waals surface area contributed by atoms with Gasteiger partial charge in [0.2, 0.25) is 0 Å². The van der Waals surface area contributed by atoms with Gasteiger partial charge in [-0.15, -0.1) is 0 Å². The molecule has 2 heterocycles. The molecule has 4 nitrogen and oxygen atoms in total. The fraction of sp³-hybridized carbons (Fsp3) is 0.571. The standard InChI is InChI=1S/C14H20N4/c1-3-18-8-5-12(6-9-18)17-14-13(10-15)11(2)4-7-16-14/h4,7,12H,3,5-6,8-9H2,1-2H3,(H,16,17). The quantitative estimate of drug-likeness (QED) is 0.885. The summed E-state index contributed by atoms with van der Waals surface area (Å²) < 4.78 is 0. The largest absolute Gasteiger partial charge is 0.366 e. The zero-order valence-electron chi connectivity index (χ0n) is 11.1.